The third kappa shape index (κ3) is 3.14. The lowest BCUT2D eigenvalue weighted by atomic mass is 10.1. The Bertz CT molecular complexity index is 979. The van der Waals surface area contributed by atoms with Crippen molar-refractivity contribution in [3.05, 3.63) is 65.9 Å². The Balaban J connectivity index is 1.46. The number of benzene rings is 2. The van der Waals surface area contributed by atoms with Crippen molar-refractivity contribution in [3.63, 3.8) is 0 Å². The summed E-state index contributed by atoms with van der Waals surface area (Å²) in [7, 11) is 0. The van der Waals surface area contributed by atoms with Gasteiger partial charge in [-0.15, -0.1) is 0 Å². The fourth-order valence-corrected chi connectivity index (χ4v) is 2.58. The molecule has 0 radical (unpaired) electrons. The largest absolute Gasteiger partial charge is 0.454 e. The molecule has 0 atom stereocenters. The normalized spacial score (nSPS) is 12.9. The topological polar surface area (TPSA) is 88.6 Å². The number of H-pyrrole nitrogens is 1. The van der Waals surface area contributed by atoms with Crippen molar-refractivity contribution in [2.75, 3.05) is 6.79 Å². The lowest BCUT2D eigenvalue weighted by Crippen LogP contribution is -2.19. The Kier molecular flexibility index (Phi) is 4.10. The van der Waals surface area contributed by atoms with E-state index in [1.54, 1.807) is 13.0 Å². The minimum absolute atomic E-state index is 0.218. The zero-order valence-electron chi connectivity index (χ0n) is 14.0. The number of ether oxygens (including phenoxy) is 2. The van der Waals surface area contributed by atoms with Crippen LogP contribution in [0.5, 0.6) is 11.5 Å². The van der Waals surface area contributed by atoms with Gasteiger partial charge in [0.25, 0.3) is 5.91 Å². The van der Waals surface area contributed by atoms with E-state index < -0.39 is 0 Å². The maximum atomic E-state index is 12.3. The van der Waals surface area contributed by atoms with Crippen LogP contribution in [0.3, 0.4) is 0 Å². The fourth-order valence-electron chi connectivity index (χ4n) is 2.58. The highest BCUT2D eigenvalue weighted by molar-refractivity contribution is 6.01. The van der Waals surface area contributed by atoms with Gasteiger partial charge in [0.05, 0.1) is 11.4 Å². The maximum absolute atomic E-state index is 12.3. The lowest BCUT2D eigenvalue weighted by molar-refractivity contribution is 0.0950. The van der Waals surface area contributed by atoms with Crippen molar-refractivity contribution >= 4 is 11.6 Å². The first-order valence-electron chi connectivity index (χ1n) is 8.06. The lowest BCUT2D eigenvalue weighted by Gasteiger charge is -2.03. The van der Waals surface area contributed by atoms with Crippen molar-refractivity contribution in [1.82, 2.24) is 15.6 Å². The number of hydrogen-bond acceptors (Lipinski definition) is 5. The summed E-state index contributed by atoms with van der Waals surface area (Å²) in [5, 5.41) is 11.1. The number of nitrogens with zero attached hydrogens (tertiary/aromatic N) is 2. The Morgan fingerprint density at radius 1 is 1.12 bits per heavy atom. The minimum Gasteiger partial charge on any atom is -0.454 e. The van der Waals surface area contributed by atoms with Crippen LogP contribution in [0.1, 0.15) is 23.0 Å². The van der Waals surface area contributed by atoms with Crippen LogP contribution in [0.2, 0.25) is 0 Å². The van der Waals surface area contributed by atoms with Crippen molar-refractivity contribution in [1.29, 1.82) is 0 Å². The molecule has 1 aliphatic heterocycles. The first-order valence-corrected chi connectivity index (χ1v) is 8.06. The summed E-state index contributed by atoms with van der Waals surface area (Å²) in [5.74, 6) is 1.01. The highest BCUT2D eigenvalue weighted by Crippen LogP contribution is 2.32. The number of nitrogens with one attached hydrogen (secondary N) is 2. The number of aromatic nitrogens is 2. The highest BCUT2D eigenvalue weighted by Gasteiger charge is 2.15. The minimum atomic E-state index is -0.361. The van der Waals surface area contributed by atoms with Gasteiger partial charge in [0, 0.05) is 11.1 Å². The zero-order chi connectivity index (χ0) is 17.9. The van der Waals surface area contributed by atoms with E-state index in [1.807, 2.05) is 48.5 Å². The van der Waals surface area contributed by atoms with E-state index in [1.165, 1.54) is 0 Å². The van der Waals surface area contributed by atoms with Crippen LogP contribution in [-0.4, -0.2) is 28.6 Å². The van der Waals surface area contributed by atoms with E-state index in [4.69, 9.17) is 9.47 Å². The molecule has 4 rings (SSSR count). The second-order valence-electron chi connectivity index (χ2n) is 5.74. The number of hydrogen-bond donors (Lipinski definition) is 2. The van der Waals surface area contributed by atoms with Gasteiger partial charge in [-0.3, -0.25) is 9.89 Å². The van der Waals surface area contributed by atoms with Crippen molar-refractivity contribution in [3.8, 4) is 22.8 Å². The molecule has 0 saturated heterocycles. The Morgan fingerprint density at radius 3 is 2.77 bits per heavy atom. The second kappa shape index (κ2) is 6.72. The molecule has 0 bridgehead atoms. The van der Waals surface area contributed by atoms with Crippen molar-refractivity contribution in [2.45, 2.75) is 6.92 Å². The molecule has 1 aliphatic rings. The molecule has 0 fully saturated rings. The van der Waals surface area contributed by atoms with E-state index in [9.17, 15) is 4.79 Å². The molecule has 7 nitrogen and oxygen atoms in total. The Morgan fingerprint density at radius 2 is 1.92 bits per heavy atom. The average molecular weight is 348 g/mol. The Hall–Kier alpha value is -3.61. The van der Waals surface area contributed by atoms with Gasteiger partial charge < -0.3 is 9.47 Å². The van der Waals surface area contributed by atoms with Gasteiger partial charge in [-0.25, -0.2) is 5.43 Å². The van der Waals surface area contributed by atoms with Gasteiger partial charge in [-0.2, -0.15) is 10.2 Å². The predicted octanol–water partition coefficient (Wildman–Crippen LogP) is 2.96. The number of aromatic amines is 1. The van der Waals surface area contributed by atoms with E-state index in [2.05, 4.69) is 20.7 Å². The standard InChI is InChI=1S/C19H16N4O3/c1-12(14-7-8-17-18(9-14)26-11-25-17)20-23-19(24)16-10-15(21-22-16)13-5-3-2-4-6-13/h2-10H,11H2,1H3,(H,21,22)(H,23,24)/b20-12-. The van der Waals surface area contributed by atoms with Crippen molar-refractivity contribution < 1.29 is 14.3 Å². The van der Waals surface area contributed by atoms with Gasteiger partial charge in [-0.1, -0.05) is 30.3 Å². The highest BCUT2D eigenvalue weighted by atomic mass is 16.7. The smallest absolute Gasteiger partial charge is 0.289 e. The monoisotopic (exact) mass is 348 g/mol. The van der Waals surface area contributed by atoms with Gasteiger partial charge >= 0.3 is 0 Å². The summed E-state index contributed by atoms with van der Waals surface area (Å²) >= 11 is 0. The third-order valence-corrected chi connectivity index (χ3v) is 4.01. The molecule has 0 unspecified atom stereocenters. The molecule has 2 heterocycles. The number of hydrazone groups is 1. The van der Waals surface area contributed by atoms with E-state index in [0.717, 1.165) is 11.1 Å². The van der Waals surface area contributed by atoms with Crippen LogP contribution in [0.25, 0.3) is 11.3 Å². The fraction of sp³-hybridized carbons (Fsp3) is 0.105. The molecule has 1 aromatic heterocycles. The molecule has 130 valence electrons. The third-order valence-electron chi connectivity index (χ3n) is 4.01. The van der Waals surface area contributed by atoms with Crippen LogP contribution >= 0.6 is 0 Å². The maximum Gasteiger partial charge on any atom is 0.289 e. The van der Waals surface area contributed by atoms with Crippen LogP contribution in [0.15, 0.2) is 59.7 Å². The number of amides is 1. The molecule has 2 N–H and O–H groups in total. The van der Waals surface area contributed by atoms with Gasteiger partial charge in [0.2, 0.25) is 6.79 Å². The number of carbonyl (C=O) groups excluding carboxylic acids is 1. The summed E-state index contributed by atoms with van der Waals surface area (Å²) in [6.07, 6.45) is 0. The van der Waals surface area contributed by atoms with Crippen LogP contribution in [0.4, 0.5) is 0 Å². The molecule has 3 aromatic rings. The van der Waals surface area contributed by atoms with E-state index >= 15 is 0 Å². The molecule has 0 spiro atoms. The number of carbonyl (C=O) groups is 1. The predicted molar refractivity (Wildman–Crippen MR) is 96.3 cm³/mol. The molecule has 0 aliphatic carbocycles. The number of rotatable bonds is 4. The molecule has 1 amide bonds. The molecular weight excluding hydrogens is 332 g/mol. The van der Waals surface area contributed by atoms with Gasteiger partial charge in [-0.05, 0) is 31.2 Å². The zero-order valence-corrected chi connectivity index (χ0v) is 14.0. The Labute approximate surface area is 149 Å². The summed E-state index contributed by atoms with van der Waals surface area (Å²) in [6, 6.07) is 16.8. The number of fused-ring (bicyclic) bond motifs is 1. The average Bonchev–Trinajstić information content (AvgIpc) is 3.35. The van der Waals surface area contributed by atoms with Gasteiger partial charge in [0.1, 0.15) is 5.69 Å². The van der Waals surface area contributed by atoms with Gasteiger partial charge in [0.15, 0.2) is 11.5 Å². The van der Waals surface area contributed by atoms with Crippen LogP contribution in [0, 0.1) is 0 Å². The molecule has 26 heavy (non-hydrogen) atoms. The summed E-state index contributed by atoms with van der Waals surface area (Å²) in [4.78, 5) is 12.3. The first-order chi connectivity index (χ1) is 12.7. The van der Waals surface area contributed by atoms with Crippen LogP contribution in [-0.2, 0) is 0 Å². The van der Waals surface area contributed by atoms with Crippen LogP contribution < -0.4 is 14.9 Å². The van der Waals surface area contributed by atoms with E-state index in [-0.39, 0.29) is 12.7 Å². The SMILES string of the molecule is C/C(=N/NC(=O)c1cc(-c2ccccc2)n[nH]1)c1ccc2c(c1)OCO2. The quantitative estimate of drug-likeness (QED) is 0.560. The molecular formula is C19H16N4O3. The molecule has 0 saturated carbocycles. The van der Waals surface area contributed by atoms with E-state index in [0.29, 0.717) is 28.6 Å². The summed E-state index contributed by atoms with van der Waals surface area (Å²) in [5.41, 5.74) is 6.00. The molecule has 7 heteroatoms. The molecule has 2 aromatic carbocycles. The summed E-state index contributed by atoms with van der Waals surface area (Å²) < 4.78 is 10.6. The first kappa shape index (κ1) is 15.9. The summed E-state index contributed by atoms with van der Waals surface area (Å²) in [6.45, 7) is 2.02. The second-order valence-corrected chi connectivity index (χ2v) is 5.74. The van der Waals surface area contributed by atoms with Crippen molar-refractivity contribution in [2.24, 2.45) is 5.10 Å².